The molecule has 1 atom stereocenters. The van der Waals surface area contributed by atoms with Gasteiger partial charge in [0, 0.05) is 19.0 Å². The first-order valence-electron chi connectivity index (χ1n) is 8.23. The molecule has 1 aliphatic rings. The Morgan fingerprint density at radius 3 is 2.79 bits per heavy atom. The van der Waals surface area contributed by atoms with Gasteiger partial charge in [0.15, 0.2) is 17.3 Å². The highest BCUT2D eigenvalue weighted by Crippen LogP contribution is 2.31. The largest absolute Gasteiger partial charge is 0.493 e. The standard InChI is InChI=1S/C18H26FNO4/c1-18(2,3)24-17(21)20-10-6-7-13(11-20)12-23-16-14(19)8-5-9-15(16)22-4/h5,8-9,13H,6-7,10-12H2,1-4H3. The van der Waals surface area contributed by atoms with Crippen LogP contribution >= 0.6 is 0 Å². The molecule has 0 aromatic heterocycles. The molecule has 1 amide bonds. The van der Waals surface area contributed by atoms with E-state index in [1.165, 1.54) is 13.2 Å². The molecule has 0 aliphatic carbocycles. The number of carbonyl (C=O) groups is 1. The van der Waals surface area contributed by atoms with Gasteiger partial charge in [-0.05, 0) is 45.7 Å². The van der Waals surface area contributed by atoms with Crippen LogP contribution in [0.5, 0.6) is 11.5 Å². The van der Waals surface area contributed by atoms with Gasteiger partial charge in [0.1, 0.15) is 5.60 Å². The number of likely N-dealkylation sites (tertiary alicyclic amines) is 1. The molecule has 24 heavy (non-hydrogen) atoms. The van der Waals surface area contributed by atoms with Crippen molar-refractivity contribution in [1.29, 1.82) is 0 Å². The summed E-state index contributed by atoms with van der Waals surface area (Å²) in [5.41, 5.74) is -0.513. The second-order valence-electron chi connectivity index (χ2n) is 7.02. The van der Waals surface area contributed by atoms with E-state index in [0.717, 1.165) is 12.8 Å². The fourth-order valence-electron chi connectivity index (χ4n) is 2.68. The van der Waals surface area contributed by atoms with Crippen molar-refractivity contribution in [2.75, 3.05) is 26.8 Å². The summed E-state index contributed by atoms with van der Waals surface area (Å²) in [4.78, 5) is 13.9. The number of amides is 1. The van der Waals surface area contributed by atoms with Crippen molar-refractivity contribution >= 4 is 6.09 Å². The lowest BCUT2D eigenvalue weighted by Gasteiger charge is -2.34. The second-order valence-corrected chi connectivity index (χ2v) is 7.02. The zero-order valence-corrected chi connectivity index (χ0v) is 14.8. The van der Waals surface area contributed by atoms with Crippen molar-refractivity contribution in [2.24, 2.45) is 5.92 Å². The number of carbonyl (C=O) groups excluding carboxylic acids is 1. The number of hydrogen-bond donors (Lipinski definition) is 0. The first-order valence-corrected chi connectivity index (χ1v) is 8.23. The normalized spacial score (nSPS) is 18.2. The van der Waals surface area contributed by atoms with E-state index in [9.17, 15) is 9.18 Å². The van der Waals surface area contributed by atoms with Crippen molar-refractivity contribution in [2.45, 2.75) is 39.2 Å². The Balaban J connectivity index is 1.93. The Kier molecular flexibility index (Phi) is 5.91. The third-order valence-corrected chi connectivity index (χ3v) is 3.78. The van der Waals surface area contributed by atoms with Crippen LogP contribution < -0.4 is 9.47 Å². The van der Waals surface area contributed by atoms with E-state index in [4.69, 9.17) is 14.2 Å². The van der Waals surface area contributed by atoms with E-state index in [1.54, 1.807) is 17.0 Å². The molecule has 6 heteroatoms. The van der Waals surface area contributed by atoms with Crippen LogP contribution in [0.15, 0.2) is 18.2 Å². The molecule has 1 saturated heterocycles. The van der Waals surface area contributed by atoms with Gasteiger partial charge in [-0.3, -0.25) is 0 Å². The molecule has 2 rings (SSSR count). The minimum Gasteiger partial charge on any atom is -0.493 e. The van der Waals surface area contributed by atoms with Gasteiger partial charge in [-0.1, -0.05) is 6.07 Å². The van der Waals surface area contributed by atoms with Crippen LogP contribution in [0.25, 0.3) is 0 Å². The van der Waals surface area contributed by atoms with Gasteiger partial charge in [-0.2, -0.15) is 0 Å². The first kappa shape index (κ1) is 18.4. The van der Waals surface area contributed by atoms with E-state index in [1.807, 2.05) is 20.8 Å². The molecule has 1 aromatic rings. The summed E-state index contributed by atoms with van der Waals surface area (Å²) in [6.07, 6.45) is 1.49. The minimum atomic E-state index is -0.513. The van der Waals surface area contributed by atoms with Crippen molar-refractivity contribution in [1.82, 2.24) is 4.90 Å². The zero-order valence-electron chi connectivity index (χ0n) is 14.8. The van der Waals surface area contributed by atoms with Crippen LogP contribution in [0, 0.1) is 11.7 Å². The number of ether oxygens (including phenoxy) is 3. The molecule has 0 N–H and O–H groups in total. The molecule has 1 fully saturated rings. The SMILES string of the molecule is COc1cccc(F)c1OCC1CCCN(C(=O)OC(C)(C)C)C1. The highest BCUT2D eigenvalue weighted by Gasteiger charge is 2.28. The lowest BCUT2D eigenvalue weighted by Crippen LogP contribution is -2.44. The summed E-state index contributed by atoms with van der Waals surface area (Å²) >= 11 is 0. The van der Waals surface area contributed by atoms with Gasteiger partial charge in [0.05, 0.1) is 13.7 Å². The number of rotatable bonds is 4. The highest BCUT2D eigenvalue weighted by molar-refractivity contribution is 5.68. The van der Waals surface area contributed by atoms with Gasteiger partial charge < -0.3 is 19.1 Å². The maximum Gasteiger partial charge on any atom is 0.410 e. The summed E-state index contributed by atoms with van der Waals surface area (Å²) < 4.78 is 30.1. The average molecular weight is 339 g/mol. The van der Waals surface area contributed by atoms with E-state index in [0.29, 0.717) is 25.4 Å². The van der Waals surface area contributed by atoms with Crippen LogP contribution in [0.2, 0.25) is 0 Å². The topological polar surface area (TPSA) is 48.0 Å². The molecule has 1 unspecified atom stereocenters. The summed E-state index contributed by atoms with van der Waals surface area (Å²) in [7, 11) is 1.48. The number of para-hydroxylation sites is 1. The Bertz CT molecular complexity index is 571. The van der Waals surface area contributed by atoms with Crippen molar-refractivity contribution < 1.29 is 23.4 Å². The van der Waals surface area contributed by atoms with Crippen LogP contribution in [0.4, 0.5) is 9.18 Å². The first-order chi connectivity index (χ1) is 11.3. The molecule has 134 valence electrons. The highest BCUT2D eigenvalue weighted by atomic mass is 19.1. The average Bonchev–Trinajstić information content (AvgIpc) is 2.52. The molecule has 0 radical (unpaired) electrons. The smallest absolute Gasteiger partial charge is 0.410 e. The zero-order chi connectivity index (χ0) is 17.7. The molecular formula is C18H26FNO4. The Morgan fingerprint density at radius 1 is 1.38 bits per heavy atom. The number of benzene rings is 1. The second kappa shape index (κ2) is 7.73. The third-order valence-electron chi connectivity index (χ3n) is 3.78. The maximum atomic E-state index is 13.9. The minimum absolute atomic E-state index is 0.120. The van der Waals surface area contributed by atoms with Crippen LogP contribution in [0.3, 0.4) is 0 Å². The van der Waals surface area contributed by atoms with Crippen LogP contribution in [-0.2, 0) is 4.74 Å². The number of hydrogen-bond acceptors (Lipinski definition) is 4. The van der Waals surface area contributed by atoms with E-state index in [2.05, 4.69) is 0 Å². The molecule has 0 saturated carbocycles. The van der Waals surface area contributed by atoms with Crippen LogP contribution in [-0.4, -0.2) is 43.4 Å². The number of nitrogens with zero attached hydrogens (tertiary/aromatic N) is 1. The van der Waals surface area contributed by atoms with Crippen molar-refractivity contribution in [3.05, 3.63) is 24.0 Å². The number of piperidine rings is 1. The summed E-state index contributed by atoms with van der Waals surface area (Å²) in [6.45, 7) is 7.09. The summed E-state index contributed by atoms with van der Waals surface area (Å²) in [6, 6.07) is 4.57. The Morgan fingerprint density at radius 2 is 2.12 bits per heavy atom. The maximum absolute atomic E-state index is 13.9. The fraction of sp³-hybridized carbons (Fsp3) is 0.611. The fourth-order valence-corrected chi connectivity index (χ4v) is 2.68. The third kappa shape index (κ3) is 5.01. The predicted octanol–water partition coefficient (Wildman–Crippen LogP) is 3.86. The van der Waals surface area contributed by atoms with E-state index in [-0.39, 0.29) is 17.8 Å². The summed E-state index contributed by atoms with van der Waals surface area (Å²) in [5, 5.41) is 0. The Labute approximate surface area is 142 Å². The molecule has 1 aromatic carbocycles. The van der Waals surface area contributed by atoms with Gasteiger partial charge >= 0.3 is 6.09 Å². The van der Waals surface area contributed by atoms with Gasteiger partial charge in [0.2, 0.25) is 0 Å². The summed E-state index contributed by atoms with van der Waals surface area (Å²) in [5.74, 6) is 0.175. The lowest BCUT2D eigenvalue weighted by molar-refractivity contribution is 0.0137. The van der Waals surface area contributed by atoms with Crippen molar-refractivity contribution in [3.8, 4) is 11.5 Å². The molecule has 5 nitrogen and oxygen atoms in total. The van der Waals surface area contributed by atoms with Crippen LogP contribution in [0.1, 0.15) is 33.6 Å². The molecule has 0 bridgehead atoms. The number of halogens is 1. The number of methoxy groups -OCH3 is 1. The Hall–Kier alpha value is -1.98. The molecule has 1 aliphatic heterocycles. The van der Waals surface area contributed by atoms with Crippen molar-refractivity contribution in [3.63, 3.8) is 0 Å². The van der Waals surface area contributed by atoms with Gasteiger partial charge in [-0.25, -0.2) is 9.18 Å². The molecule has 0 spiro atoms. The quantitative estimate of drug-likeness (QED) is 0.836. The van der Waals surface area contributed by atoms with Gasteiger partial charge in [0.25, 0.3) is 0 Å². The molecule has 1 heterocycles. The lowest BCUT2D eigenvalue weighted by atomic mass is 9.99. The molecular weight excluding hydrogens is 313 g/mol. The predicted molar refractivity (Wildman–Crippen MR) is 89.0 cm³/mol. The van der Waals surface area contributed by atoms with E-state index < -0.39 is 11.4 Å². The monoisotopic (exact) mass is 339 g/mol. The van der Waals surface area contributed by atoms with Gasteiger partial charge in [-0.15, -0.1) is 0 Å². The van der Waals surface area contributed by atoms with E-state index >= 15 is 0 Å².